The van der Waals surface area contributed by atoms with Gasteiger partial charge in [0, 0.05) is 0 Å². The van der Waals surface area contributed by atoms with Gasteiger partial charge in [0.1, 0.15) is 0 Å². The summed E-state index contributed by atoms with van der Waals surface area (Å²) in [5.41, 5.74) is 0. The lowest BCUT2D eigenvalue weighted by Gasteiger charge is -2.39. The van der Waals surface area contributed by atoms with Crippen LogP contribution in [0.1, 0.15) is 117 Å². The molecule has 0 heterocycles. The summed E-state index contributed by atoms with van der Waals surface area (Å²) in [6.45, 7) is 8.06. The van der Waals surface area contributed by atoms with E-state index in [1.165, 1.54) is 89.9 Å². The molecule has 0 aromatic heterocycles. The Morgan fingerprint density at radius 1 is 0.769 bits per heavy atom. The number of aliphatic carboxylic acids is 1. The standard InChI is InChI=1S/C23H47NO2/c1-5-7-9-11-13-14-16-18-20-24(4,21-23(25)26)22(3)19-17-15-12-10-8-6-2/h22H,5-21H2,1-4H3/p+1. The van der Waals surface area contributed by atoms with E-state index >= 15 is 0 Å². The smallest absolute Gasteiger partial charge is 0.359 e. The molecule has 0 amide bonds. The number of carboxylic acid groups (broad SMARTS) is 1. The molecule has 3 nitrogen and oxygen atoms in total. The number of quaternary nitrogens is 1. The highest BCUT2D eigenvalue weighted by atomic mass is 16.4. The summed E-state index contributed by atoms with van der Waals surface area (Å²) < 4.78 is 0.708. The number of unbranched alkanes of at least 4 members (excludes halogenated alkanes) is 12. The van der Waals surface area contributed by atoms with Crippen molar-refractivity contribution in [3.05, 3.63) is 0 Å². The van der Waals surface area contributed by atoms with Crippen molar-refractivity contribution in [3.63, 3.8) is 0 Å². The van der Waals surface area contributed by atoms with E-state index in [9.17, 15) is 9.90 Å². The van der Waals surface area contributed by atoms with Crippen LogP contribution in [0.4, 0.5) is 0 Å². The summed E-state index contributed by atoms with van der Waals surface area (Å²) >= 11 is 0. The largest absolute Gasteiger partial charge is 0.477 e. The zero-order chi connectivity index (χ0) is 19.7. The van der Waals surface area contributed by atoms with Crippen LogP contribution in [0.25, 0.3) is 0 Å². The van der Waals surface area contributed by atoms with E-state index in [1.807, 2.05) is 0 Å². The van der Waals surface area contributed by atoms with Gasteiger partial charge in [-0.25, -0.2) is 4.79 Å². The van der Waals surface area contributed by atoms with Gasteiger partial charge >= 0.3 is 5.97 Å². The van der Waals surface area contributed by atoms with Crippen LogP contribution in [0.15, 0.2) is 0 Å². The highest BCUT2D eigenvalue weighted by molar-refractivity contribution is 5.67. The molecule has 2 atom stereocenters. The number of likely N-dealkylation sites (N-methyl/N-ethyl adjacent to an activating group) is 1. The molecule has 0 spiro atoms. The molecule has 0 bridgehead atoms. The Morgan fingerprint density at radius 3 is 1.65 bits per heavy atom. The minimum absolute atomic E-state index is 0.271. The number of rotatable bonds is 19. The summed E-state index contributed by atoms with van der Waals surface area (Å²) in [6.07, 6.45) is 19.5. The average Bonchev–Trinajstić information content (AvgIpc) is 2.59. The maximum atomic E-state index is 11.4. The van der Waals surface area contributed by atoms with Gasteiger partial charge in [-0.1, -0.05) is 84.5 Å². The van der Waals surface area contributed by atoms with E-state index < -0.39 is 5.97 Å². The van der Waals surface area contributed by atoms with E-state index in [-0.39, 0.29) is 6.54 Å². The fourth-order valence-corrected chi connectivity index (χ4v) is 3.90. The molecule has 0 radical (unpaired) electrons. The van der Waals surface area contributed by atoms with E-state index in [2.05, 4.69) is 27.8 Å². The maximum absolute atomic E-state index is 11.4. The zero-order valence-corrected chi connectivity index (χ0v) is 18.4. The van der Waals surface area contributed by atoms with Crippen molar-refractivity contribution in [2.45, 2.75) is 123 Å². The Bertz CT molecular complexity index is 332. The third kappa shape index (κ3) is 13.6. The van der Waals surface area contributed by atoms with E-state index in [1.54, 1.807) is 0 Å². The van der Waals surface area contributed by atoms with Crippen LogP contribution in [0.2, 0.25) is 0 Å². The first-order valence-corrected chi connectivity index (χ1v) is 11.5. The van der Waals surface area contributed by atoms with Gasteiger partial charge in [-0.05, 0) is 32.6 Å². The molecule has 3 heteroatoms. The van der Waals surface area contributed by atoms with Crippen LogP contribution >= 0.6 is 0 Å². The lowest BCUT2D eigenvalue weighted by Crippen LogP contribution is -2.54. The summed E-state index contributed by atoms with van der Waals surface area (Å²) in [5, 5.41) is 9.37. The molecule has 1 N–H and O–H groups in total. The Kier molecular flexibility index (Phi) is 16.2. The van der Waals surface area contributed by atoms with Crippen LogP contribution in [0.5, 0.6) is 0 Å². The Balaban J connectivity index is 4.09. The van der Waals surface area contributed by atoms with Crippen LogP contribution in [0.3, 0.4) is 0 Å². The topological polar surface area (TPSA) is 37.3 Å². The van der Waals surface area contributed by atoms with Crippen LogP contribution in [-0.2, 0) is 4.79 Å². The SMILES string of the molecule is CCCCCCCCCC[N+](C)(CC(=O)O)C(C)CCCCCCCC. The van der Waals surface area contributed by atoms with Crippen molar-refractivity contribution < 1.29 is 14.4 Å². The van der Waals surface area contributed by atoms with Crippen LogP contribution < -0.4 is 0 Å². The number of carbonyl (C=O) groups is 1. The normalized spacial score (nSPS) is 14.9. The van der Waals surface area contributed by atoms with Crippen molar-refractivity contribution in [3.8, 4) is 0 Å². The predicted molar refractivity (Wildman–Crippen MR) is 114 cm³/mol. The van der Waals surface area contributed by atoms with Crippen LogP contribution in [-0.4, -0.2) is 41.7 Å². The Morgan fingerprint density at radius 2 is 1.19 bits per heavy atom. The summed E-state index contributed by atoms with van der Waals surface area (Å²) in [5.74, 6) is -0.651. The quantitative estimate of drug-likeness (QED) is 0.200. The molecular formula is C23H48NO2+. The van der Waals surface area contributed by atoms with Crippen molar-refractivity contribution >= 4 is 5.97 Å². The predicted octanol–water partition coefficient (Wildman–Crippen LogP) is 6.80. The van der Waals surface area contributed by atoms with Gasteiger partial charge in [-0.2, -0.15) is 0 Å². The maximum Gasteiger partial charge on any atom is 0.359 e. The number of carboxylic acids is 1. The first-order chi connectivity index (χ1) is 12.5. The first kappa shape index (κ1) is 25.4. The number of nitrogens with zero attached hydrogens (tertiary/aromatic N) is 1. The monoisotopic (exact) mass is 370 g/mol. The van der Waals surface area contributed by atoms with Crippen molar-refractivity contribution in [2.24, 2.45) is 0 Å². The zero-order valence-electron chi connectivity index (χ0n) is 18.4. The molecule has 0 rings (SSSR count). The Hall–Kier alpha value is -0.570. The molecule has 0 saturated heterocycles. The molecule has 2 unspecified atom stereocenters. The molecule has 0 aromatic carbocycles. The second kappa shape index (κ2) is 16.6. The van der Waals surface area contributed by atoms with Gasteiger partial charge in [-0.15, -0.1) is 0 Å². The summed E-state index contributed by atoms with van der Waals surface area (Å²) in [4.78, 5) is 11.4. The van der Waals surface area contributed by atoms with Gasteiger partial charge in [0.25, 0.3) is 0 Å². The highest BCUT2D eigenvalue weighted by Gasteiger charge is 2.30. The molecule has 156 valence electrons. The third-order valence-corrected chi connectivity index (χ3v) is 6.06. The minimum Gasteiger partial charge on any atom is -0.477 e. The number of hydrogen-bond acceptors (Lipinski definition) is 1. The van der Waals surface area contributed by atoms with Crippen molar-refractivity contribution in [2.75, 3.05) is 20.1 Å². The molecule has 26 heavy (non-hydrogen) atoms. The summed E-state index contributed by atoms with van der Waals surface area (Å²) in [6, 6.07) is 0.446. The van der Waals surface area contributed by atoms with Crippen LogP contribution in [0, 0.1) is 0 Å². The van der Waals surface area contributed by atoms with Gasteiger partial charge in [0.15, 0.2) is 6.54 Å². The molecule has 0 saturated carbocycles. The highest BCUT2D eigenvalue weighted by Crippen LogP contribution is 2.20. The number of hydrogen-bond donors (Lipinski definition) is 1. The van der Waals surface area contributed by atoms with Crippen molar-refractivity contribution in [1.29, 1.82) is 0 Å². The lowest BCUT2D eigenvalue weighted by atomic mass is 10.0. The third-order valence-electron chi connectivity index (χ3n) is 6.06. The van der Waals surface area contributed by atoms with Crippen molar-refractivity contribution in [1.82, 2.24) is 0 Å². The molecule has 0 aliphatic heterocycles. The van der Waals surface area contributed by atoms with E-state index in [0.29, 0.717) is 10.5 Å². The molecular weight excluding hydrogens is 322 g/mol. The first-order valence-electron chi connectivity index (χ1n) is 11.5. The fourth-order valence-electron chi connectivity index (χ4n) is 3.90. The summed E-state index contributed by atoms with van der Waals surface area (Å²) in [7, 11) is 2.16. The van der Waals surface area contributed by atoms with Gasteiger partial charge in [0.05, 0.1) is 19.6 Å². The van der Waals surface area contributed by atoms with Gasteiger partial charge in [0.2, 0.25) is 0 Å². The second-order valence-electron chi connectivity index (χ2n) is 8.64. The lowest BCUT2D eigenvalue weighted by molar-refractivity contribution is -0.925. The molecule has 0 aliphatic rings. The molecule has 0 aromatic rings. The second-order valence-corrected chi connectivity index (χ2v) is 8.64. The molecule has 0 fully saturated rings. The molecule has 0 aliphatic carbocycles. The van der Waals surface area contributed by atoms with Gasteiger partial charge in [-0.3, -0.25) is 0 Å². The Labute approximate surface area is 164 Å². The van der Waals surface area contributed by atoms with E-state index in [0.717, 1.165) is 13.0 Å². The van der Waals surface area contributed by atoms with E-state index in [4.69, 9.17) is 0 Å². The van der Waals surface area contributed by atoms with Gasteiger partial charge < -0.3 is 9.59 Å². The average molecular weight is 371 g/mol. The minimum atomic E-state index is -0.651. The fraction of sp³-hybridized carbons (Fsp3) is 0.957.